The first-order valence-electron chi connectivity index (χ1n) is 5.37. The zero-order valence-corrected chi connectivity index (χ0v) is 5.18. The van der Waals surface area contributed by atoms with Crippen molar-refractivity contribution in [2.45, 2.75) is 6.90 Å². The van der Waals surface area contributed by atoms with E-state index in [2.05, 4.69) is 0 Å². The summed E-state index contributed by atoms with van der Waals surface area (Å²) in [7, 11) is -2.04. The van der Waals surface area contributed by atoms with Gasteiger partial charge in [-0.15, -0.1) is 0 Å². The summed E-state index contributed by atoms with van der Waals surface area (Å²) >= 11 is 0. The van der Waals surface area contributed by atoms with Gasteiger partial charge < -0.3 is 10.0 Å². The molecule has 10 heavy (non-hydrogen) atoms. The molecule has 3 heteroatoms. The number of hydrogen-bond donors (Lipinski definition) is 2. The molecule has 0 bridgehead atoms. The fraction of sp³-hybridized carbons (Fsp3) is 0.143. The predicted octanol–water partition coefficient (Wildman–Crippen LogP) is -0.325. The van der Waals surface area contributed by atoms with Gasteiger partial charge in [-0.3, -0.25) is 0 Å². The Bertz CT molecular complexity index is 366. The first-order chi connectivity index (χ1) is 6.91. The van der Waals surface area contributed by atoms with E-state index in [0.717, 1.165) is 0 Å². The summed E-state index contributed by atoms with van der Waals surface area (Å²) in [6, 6.07) is -1.80. The van der Waals surface area contributed by atoms with Gasteiger partial charge in [0.2, 0.25) is 0 Å². The minimum absolute atomic E-state index is 0.0469. The minimum atomic E-state index is -2.04. The van der Waals surface area contributed by atoms with Crippen molar-refractivity contribution in [2.75, 3.05) is 0 Å². The fourth-order valence-corrected chi connectivity index (χ4v) is 0.477. The molecule has 0 aromatic heterocycles. The topological polar surface area (TPSA) is 40.5 Å². The molecule has 0 unspecified atom stereocenters. The molecule has 0 amide bonds. The van der Waals surface area contributed by atoms with Crippen LogP contribution in [0.25, 0.3) is 0 Å². The lowest BCUT2D eigenvalue weighted by molar-refractivity contribution is 0.426. The molecule has 0 radical (unpaired) electrons. The fourth-order valence-electron chi connectivity index (χ4n) is 0.477. The zero-order chi connectivity index (χ0) is 11.7. The molecule has 0 saturated carbocycles. The average molecular weight is 141 g/mol. The Labute approximate surface area is 67.3 Å². The van der Waals surface area contributed by atoms with E-state index in [0.29, 0.717) is 0 Å². The zero-order valence-electron chi connectivity index (χ0n) is 10.2. The summed E-state index contributed by atoms with van der Waals surface area (Å²) in [6.07, 6.45) is 0. The lowest BCUT2D eigenvalue weighted by Gasteiger charge is -1.97. The van der Waals surface area contributed by atoms with Crippen LogP contribution in [-0.4, -0.2) is 17.2 Å². The largest absolute Gasteiger partial charge is 0.488 e. The van der Waals surface area contributed by atoms with Gasteiger partial charge in [0.25, 0.3) is 0 Å². The minimum Gasteiger partial charge on any atom is -0.423 e. The molecule has 0 aliphatic rings. The summed E-state index contributed by atoms with van der Waals surface area (Å²) in [5, 5.41) is 17.8. The Balaban J connectivity index is 3.59. The van der Waals surface area contributed by atoms with Crippen LogP contribution in [-0.2, 0) is 0 Å². The van der Waals surface area contributed by atoms with Gasteiger partial charge >= 0.3 is 7.12 Å². The van der Waals surface area contributed by atoms with Crippen LogP contribution in [0.2, 0.25) is 0 Å². The second kappa shape index (κ2) is 2.86. The van der Waals surface area contributed by atoms with E-state index in [1.54, 1.807) is 0 Å². The Morgan fingerprint density at radius 2 is 2.00 bits per heavy atom. The van der Waals surface area contributed by atoms with E-state index in [1.165, 1.54) is 0 Å². The van der Waals surface area contributed by atoms with Gasteiger partial charge in [0, 0.05) is 1.37 Å². The maximum atomic E-state index is 8.90. The Morgan fingerprint density at radius 3 is 2.40 bits per heavy atom. The van der Waals surface area contributed by atoms with Crippen molar-refractivity contribution in [1.82, 2.24) is 0 Å². The maximum absolute atomic E-state index is 8.90. The van der Waals surface area contributed by atoms with E-state index in [-0.39, 0.29) is 12.5 Å². The molecule has 0 saturated heterocycles. The molecule has 0 aliphatic heterocycles. The standard InChI is InChI=1S/C7H9BO2/c1-6-2-4-7(5-3-6)8(9)10/h2-5,9-10H,1H3/i1D,2D,3D,4D,5D. The lowest BCUT2D eigenvalue weighted by Crippen LogP contribution is -2.29. The summed E-state index contributed by atoms with van der Waals surface area (Å²) < 4.78 is 36.8. The smallest absolute Gasteiger partial charge is 0.423 e. The lowest BCUT2D eigenvalue weighted by atomic mass is 9.80. The highest BCUT2D eigenvalue weighted by Crippen LogP contribution is 1.92. The quantitative estimate of drug-likeness (QED) is 0.526. The monoisotopic (exact) mass is 141 g/mol. The molecular formula is C7H9BO2. The van der Waals surface area contributed by atoms with Gasteiger partial charge in [0.1, 0.15) is 0 Å². The van der Waals surface area contributed by atoms with Crippen molar-refractivity contribution in [3.63, 3.8) is 0 Å². The van der Waals surface area contributed by atoms with Crippen LogP contribution in [0.15, 0.2) is 24.2 Å². The van der Waals surface area contributed by atoms with Crippen molar-refractivity contribution < 1.29 is 16.9 Å². The Hall–Kier alpha value is -0.795. The van der Waals surface area contributed by atoms with E-state index in [4.69, 9.17) is 16.9 Å². The second-order valence-electron chi connectivity index (χ2n) is 1.77. The van der Waals surface area contributed by atoms with Crippen molar-refractivity contribution in [2.24, 2.45) is 0 Å². The third kappa shape index (κ3) is 1.59. The molecular weight excluding hydrogens is 127 g/mol. The highest BCUT2D eigenvalue weighted by atomic mass is 16.4. The first kappa shape index (κ1) is 3.07. The Morgan fingerprint density at radius 1 is 1.40 bits per heavy atom. The summed E-state index contributed by atoms with van der Waals surface area (Å²) in [5.41, 5.74) is -0.503. The number of benzene rings is 1. The van der Waals surface area contributed by atoms with Crippen molar-refractivity contribution in [3.05, 3.63) is 29.7 Å². The molecule has 1 aromatic carbocycles. The molecule has 0 fully saturated rings. The van der Waals surface area contributed by atoms with Crippen LogP contribution >= 0.6 is 0 Å². The molecule has 0 aliphatic carbocycles. The van der Waals surface area contributed by atoms with Gasteiger partial charge in [-0.1, -0.05) is 29.7 Å². The molecule has 2 nitrogen and oxygen atoms in total. The average Bonchev–Trinajstić information content (AvgIpc) is 2.16. The molecule has 2 N–H and O–H groups in total. The van der Waals surface area contributed by atoms with Crippen LogP contribution in [0.5, 0.6) is 0 Å². The van der Waals surface area contributed by atoms with E-state index in [9.17, 15) is 0 Å². The third-order valence-corrected chi connectivity index (χ3v) is 0.954. The molecule has 52 valence electrons. The van der Waals surface area contributed by atoms with Crippen LogP contribution in [0.1, 0.15) is 12.4 Å². The number of rotatable bonds is 1. The van der Waals surface area contributed by atoms with Crippen LogP contribution in [0.4, 0.5) is 0 Å². The molecule has 0 spiro atoms. The van der Waals surface area contributed by atoms with Gasteiger partial charge in [-0.25, -0.2) is 0 Å². The van der Waals surface area contributed by atoms with E-state index >= 15 is 0 Å². The second-order valence-corrected chi connectivity index (χ2v) is 1.77. The van der Waals surface area contributed by atoms with Gasteiger partial charge in [0.05, 0.1) is 5.48 Å². The molecule has 0 atom stereocenters. The first-order valence-corrected chi connectivity index (χ1v) is 2.66. The summed E-state index contributed by atoms with van der Waals surface area (Å²) in [6.45, 7) is -0.378. The number of hydrogen-bond acceptors (Lipinski definition) is 2. The van der Waals surface area contributed by atoms with Crippen LogP contribution in [0, 0.1) is 6.90 Å². The van der Waals surface area contributed by atoms with Gasteiger partial charge in [-0.05, 0) is 12.4 Å². The third-order valence-electron chi connectivity index (χ3n) is 0.954. The van der Waals surface area contributed by atoms with Crippen molar-refractivity contribution >= 4 is 12.6 Å². The normalized spacial score (nSPS) is 16.4. The van der Waals surface area contributed by atoms with Crippen molar-refractivity contribution in [3.8, 4) is 0 Å². The molecule has 1 rings (SSSR count). The maximum Gasteiger partial charge on any atom is 0.488 e. The summed E-state index contributed by atoms with van der Waals surface area (Å²) in [5.74, 6) is 0. The van der Waals surface area contributed by atoms with Gasteiger partial charge in [-0.2, -0.15) is 0 Å². The SMILES string of the molecule is [2H]Cc1c([2H])c([2H])c(B(O)O)c([2H])c1[2H]. The Kier molecular flexibility index (Phi) is 0.878. The van der Waals surface area contributed by atoms with Crippen LogP contribution < -0.4 is 5.46 Å². The van der Waals surface area contributed by atoms with Gasteiger partial charge in [0.15, 0.2) is 0 Å². The van der Waals surface area contributed by atoms with E-state index in [1.807, 2.05) is 0 Å². The predicted molar refractivity (Wildman–Crippen MR) is 41.0 cm³/mol. The van der Waals surface area contributed by atoms with Crippen LogP contribution in [0.3, 0.4) is 0 Å². The highest BCUT2D eigenvalue weighted by molar-refractivity contribution is 6.58. The molecule has 0 heterocycles. The van der Waals surface area contributed by atoms with E-state index < -0.39 is 36.8 Å². The highest BCUT2D eigenvalue weighted by Gasteiger charge is 2.08. The molecule has 1 aromatic rings. The van der Waals surface area contributed by atoms with Crippen molar-refractivity contribution in [1.29, 1.82) is 0 Å². The summed E-state index contributed by atoms with van der Waals surface area (Å²) in [4.78, 5) is 0.